The summed E-state index contributed by atoms with van der Waals surface area (Å²) in [5.41, 5.74) is 1.73. The lowest BCUT2D eigenvalue weighted by molar-refractivity contribution is -0.144. The SMILES string of the molecule is CCc1nc(C)ccc1OCC(=O)NC1CCOC2(CCOCC2)C1. The smallest absolute Gasteiger partial charge is 0.258 e. The summed E-state index contributed by atoms with van der Waals surface area (Å²) in [7, 11) is 0. The van der Waals surface area contributed by atoms with E-state index in [1.165, 1.54) is 0 Å². The van der Waals surface area contributed by atoms with Crippen molar-refractivity contribution in [2.45, 2.75) is 57.6 Å². The van der Waals surface area contributed by atoms with Crippen LogP contribution in [-0.4, -0.2) is 49.0 Å². The van der Waals surface area contributed by atoms with Crippen LogP contribution < -0.4 is 10.1 Å². The minimum atomic E-state index is -0.119. The van der Waals surface area contributed by atoms with Crippen LogP contribution in [0.4, 0.5) is 0 Å². The summed E-state index contributed by atoms with van der Waals surface area (Å²) in [4.78, 5) is 16.8. The van der Waals surface area contributed by atoms with Gasteiger partial charge < -0.3 is 19.5 Å². The first-order valence-corrected chi connectivity index (χ1v) is 9.21. The maximum Gasteiger partial charge on any atom is 0.258 e. The van der Waals surface area contributed by atoms with Crippen LogP contribution in [0.3, 0.4) is 0 Å². The minimum Gasteiger partial charge on any atom is -0.482 e. The average molecular weight is 348 g/mol. The second-order valence-corrected chi connectivity index (χ2v) is 6.94. The molecule has 1 aromatic heterocycles. The molecule has 1 N–H and O–H groups in total. The summed E-state index contributed by atoms with van der Waals surface area (Å²) in [6.07, 6.45) is 4.30. The molecular formula is C19H28N2O4. The van der Waals surface area contributed by atoms with Crippen LogP contribution in [0, 0.1) is 6.92 Å². The van der Waals surface area contributed by atoms with Crippen LogP contribution in [0.2, 0.25) is 0 Å². The van der Waals surface area contributed by atoms with Crippen molar-refractivity contribution in [3.63, 3.8) is 0 Å². The third-order valence-electron chi connectivity index (χ3n) is 5.03. The molecule has 138 valence electrons. The summed E-state index contributed by atoms with van der Waals surface area (Å²) < 4.78 is 17.2. The van der Waals surface area contributed by atoms with Gasteiger partial charge in [0.25, 0.3) is 5.91 Å². The highest BCUT2D eigenvalue weighted by atomic mass is 16.5. The summed E-state index contributed by atoms with van der Waals surface area (Å²) in [6.45, 7) is 6.17. The molecule has 1 spiro atoms. The molecule has 0 aliphatic carbocycles. The zero-order valence-corrected chi connectivity index (χ0v) is 15.2. The molecule has 3 heterocycles. The Morgan fingerprint density at radius 2 is 2.16 bits per heavy atom. The van der Waals surface area contributed by atoms with E-state index in [9.17, 15) is 4.79 Å². The first kappa shape index (κ1) is 18.1. The average Bonchev–Trinajstić information content (AvgIpc) is 2.61. The lowest BCUT2D eigenvalue weighted by Gasteiger charge is -2.43. The van der Waals surface area contributed by atoms with E-state index in [4.69, 9.17) is 14.2 Å². The predicted molar refractivity (Wildman–Crippen MR) is 93.7 cm³/mol. The Kier molecular flexibility index (Phi) is 5.91. The quantitative estimate of drug-likeness (QED) is 0.883. The number of amides is 1. The Morgan fingerprint density at radius 3 is 2.92 bits per heavy atom. The van der Waals surface area contributed by atoms with Crippen molar-refractivity contribution in [3.05, 3.63) is 23.5 Å². The monoisotopic (exact) mass is 348 g/mol. The molecule has 2 fully saturated rings. The predicted octanol–water partition coefficient (Wildman–Crippen LogP) is 2.18. The first-order valence-electron chi connectivity index (χ1n) is 9.21. The van der Waals surface area contributed by atoms with Crippen molar-refractivity contribution in [1.82, 2.24) is 10.3 Å². The van der Waals surface area contributed by atoms with Gasteiger partial charge >= 0.3 is 0 Å². The van der Waals surface area contributed by atoms with Crippen LogP contribution in [0.5, 0.6) is 5.75 Å². The zero-order chi connectivity index (χ0) is 17.7. The van der Waals surface area contributed by atoms with Gasteiger partial charge in [-0.25, -0.2) is 0 Å². The second kappa shape index (κ2) is 8.15. The summed E-state index contributed by atoms with van der Waals surface area (Å²) in [5, 5.41) is 3.10. The number of aromatic nitrogens is 1. The third-order valence-corrected chi connectivity index (χ3v) is 5.03. The fourth-order valence-corrected chi connectivity index (χ4v) is 3.64. The van der Waals surface area contributed by atoms with E-state index < -0.39 is 0 Å². The van der Waals surface area contributed by atoms with Gasteiger partial charge in [-0.2, -0.15) is 0 Å². The molecule has 1 aromatic rings. The van der Waals surface area contributed by atoms with Crippen LogP contribution in [0.1, 0.15) is 44.0 Å². The maximum absolute atomic E-state index is 12.3. The Bertz CT molecular complexity index is 594. The van der Waals surface area contributed by atoms with Gasteiger partial charge in [0.05, 0.1) is 11.3 Å². The molecule has 0 bridgehead atoms. The molecule has 1 amide bonds. The molecule has 0 saturated carbocycles. The Hall–Kier alpha value is -1.66. The van der Waals surface area contributed by atoms with E-state index in [2.05, 4.69) is 10.3 Å². The zero-order valence-electron chi connectivity index (χ0n) is 15.2. The largest absolute Gasteiger partial charge is 0.482 e. The molecule has 2 aliphatic heterocycles. The van der Waals surface area contributed by atoms with Gasteiger partial charge in [-0.05, 0) is 51.2 Å². The van der Waals surface area contributed by atoms with E-state index in [0.717, 1.165) is 56.7 Å². The molecule has 2 saturated heterocycles. The number of carbonyl (C=O) groups excluding carboxylic acids is 1. The number of pyridine rings is 1. The Balaban J connectivity index is 1.51. The molecule has 0 aromatic carbocycles. The van der Waals surface area contributed by atoms with Gasteiger partial charge in [-0.3, -0.25) is 9.78 Å². The number of carbonyl (C=O) groups is 1. The second-order valence-electron chi connectivity index (χ2n) is 6.94. The third kappa shape index (κ3) is 4.70. The highest BCUT2D eigenvalue weighted by molar-refractivity contribution is 5.77. The molecule has 25 heavy (non-hydrogen) atoms. The molecule has 1 atom stereocenters. The number of hydrogen-bond donors (Lipinski definition) is 1. The number of nitrogens with one attached hydrogen (secondary N) is 1. The fourth-order valence-electron chi connectivity index (χ4n) is 3.64. The van der Waals surface area contributed by atoms with Crippen molar-refractivity contribution in [2.24, 2.45) is 0 Å². The lowest BCUT2D eigenvalue weighted by atomic mass is 9.84. The van der Waals surface area contributed by atoms with E-state index in [0.29, 0.717) is 12.4 Å². The van der Waals surface area contributed by atoms with Gasteiger partial charge in [0.15, 0.2) is 6.61 Å². The van der Waals surface area contributed by atoms with Crippen LogP contribution in [-0.2, 0) is 20.7 Å². The molecule has 1 unspecified atom stereocenters. The number of nitrogens with zero attached hydrogens (tertiary/aromatic N) is 1. The first-order chi connectivity index (χ1) is 12.1. The Labute approximate surface area is 149 Å². The summed E-state index contributed by atoms with van der Waals surface area (Å²) >= 11 is 0. The standard InChI is InChI=1S/C19H28N2O4/c1-3-16-17(5-4-14(2)20-16)24-13-18(22)21-15-6-9-25-19(12-15)7-10-23-11-8-19/h4-5,15H,3,6-13H2,1-2H3,(H,21,22). The number of rotatable bonds is 5. The molecule has 0 radical (unpaired) electrons. The van der Waals surface area contributed by atoms with E-state index in [1.54, 1.807) is 0 Å². The maximum atomic E-state index is 12.3. The van der Waals surface area contributed by atoms with Gasteiger partial charge in [0.1, 0.15) is 5.75 Å². The molecule has 6 heteroatoms. The highest BCUT2D eigenvalue weighted by Crippen LogP contribution is 2.34. The van der Waals surface area contributed by atoms with Gasteiger partial charge in [0.2, 0.25) is 0 Å². The highest BCUT2D eigenvalue weighted by Gasteiger charge is 2.39. The van der Waals surface area contributed by atoms with E-state index >= 15 is 0 Å². The van der Waals surface area contributed by atoms with Crippen molar-refractivity contribution in [3.8, 4) is 5.75 Å². The lowest BCUT2D eigenvalue weighted by Crippen LogP contribution is -2.51. The van der Waals surface area contributed by atoms with Gasteiger partial charge in [-0.1, -0.05) is 6.92 Å². The minimum absolute atomic E-state index is 0.0191. The fraction of sp³-hybridized carbons (Fsp3) is 0.684. The van der Waals surface area contributed by atoms with Crippen molar-refractivity contribution >= 4 is 5.91 Å². The van der Waals surface area contributed by atoms with Gasteiger partial charge in [0, 0.05) is 31.6 Å². The van der Waals surface area contributed by atoms with Crippen molar-refractivity contribution in [2.75, 3.05) is 26.4 Å². The number of hydrogen-bond acceptors (Lipinski definition) is 5. The normalized spacial score (nSPS) is 22.6. The summed E-state index contributed by atoms with van der Waals surface area (Å²) in [5.74, 6) is 0.605. The molecular weight excluding hydrogens is 320 g/mol. The Morgan fingerprint density at radius 1 is 1.36 bits per heavy atom. The van der Waals surface area contributed by atoms with Crippen LogP contribution >= 0.6 is 0 Å². The van der Waals surface area contributed by atoms with Gasteiger partial charge in [-0.15, -0.1) is 0 Å². The number of aryl methyl sites for hydroxylation is 2. The van der Waals surface area contributed by atoms with E-state index in [-0.39, 0.29) is 24.2 Å². The number of ether oxygens (including phenoxy) is 3. The van der Waals surface area contributed by atoms with Crippen LogP contribution in [0.25, 0.3) is 0 Å². The van der Waals surface area contributed by atoms with E-state index in [1.807, 2.05) is 26.0 Å². The molecule has 3 rings (SSSR count). The van der Waals surface area contributed by atoms with Crippen molar-refractivity contribution in [1.29, 1.82) is 0 Å². The van der Waals surface area contributed by atoms with Crippen molar-refractivity contribution < 1.29 is 19.0 Å². The molecule has 2 aliphatic rings. The summed E-state index contributed by atoms with van der Waals surface area (Å²) in [6, 6.07) is 3.93. The molecule has 6 nitrogen and oxygen atoms in total. The van der Waals surface area contributed by atoms with Crippen LogP contribution in [0.15, 0.2) is 12.1 Å². The topological polar surface area (TPSA) is 69.7 Å².